The fourth-order valence-electron chi connectivity index (χ4n) is 1.72. The summed E-state index contributed by atoms with van der Waals surface area (Å²) in [6.07, 6.45) is 0. The van der Waals surface area contributed by atoms with Gasteiger partial charge in [-0.15, -0.1) is 0 Å². The Morgan fingerprint density at radius 1 is 1.60 bits per heavy atom. The van der Waals surface area contributed by atoms with Crippen molar-refractivity contribution in [1.82, 2.24) is 4.90 Å². The third kappa shape index (κ3) is 2.88. The van der Waals surface area contributed by atoms with Gasteiger partial charge in [-0.2, -0.15) is 17.0 Å². The van der Waals surface area contributed by atoms with Gasteiger partial charge < -0.3 is 4.90 Å². The molecule has 1 fully saturated rings. The first-order chi connectivity index (χ1) is 7.07. The average Bonchev–Trinajstić information content (AvgIpc) is 2.18. The number of carbonyl (C=O) groups is 1. The Bertz CT molecular complexity index is 272. The van der Waals surface area contributed by atoms with E-state index in [2.05, 4.69) is 13.0 Å². The molecule has 2 atom stereocenters. The molecule has 15 heavy (non-hydrogen) atoms. The van der Waals surface area contributed by atoms with Gasteiger partial charge in [-0.1, -0.05) is 13.8 Å². The number of amides is 1. The van der Waals surface area contributed by atoms with Gasteiger partial charge in [0.15, 0.2) is 0 Å². The Kier molecular flexibility index (Phi) is 4.46. The topological polar surface area (TPSA) is 44.1 Å². The molecule has 1 saturated heterocycles. The number of thioether (sulfide) groups is 1. The summed E-state index contributed by atoms with van der Waals surface area (Å²) in [6, 6.07) is 2.39. The molecule has 3 nitrogen and oxygen atoms in total. The van der Waals surface area contributed by atoms with Crippen LogP contribution >= 0.6 is 11.8 Å². The summed E-state index contributed by atoms with van der Waals surface area (Å²) in [4.78, 5) is 13.9. The standard InChI is InChI=1S/C11H18N2OS/c1-8(2)10(6-12)11(14)13-4-5-15-7-9(13)3/h8-10H,4-5,7H2,1-3H3. The van der Waals surface area contributed by atoms with Gasteiger partial charge in [0.2, 0.25) is 5.91 Å². The van der Waals surface area contributed by atoms with E-state index in [0.717, 1.165) is 18.1 Å². The molecule has 0 aromatic carbocycles. The highest BCUT2D eigenvalue weighted by atomic mass is 32.2. The lowest BCUT2D eigenvalue weighted by molar-refractivity contribution is -0.136. The van der Waals surface area contributed by atoms with Crippen LogP contribution in [0.15, 0.2) is 0 Å². The van der Waals surface area contributed by atoms with Crippen molar-refractivity contribution in [2.75, 3.05) is 18.1 Å². The van der Waals surface area contributed by atoms with Crippen LogP contribution < -0.4 is 0 Å². The molecule has 1 heterocycles. The number of nitrogens with zero attached hydrogens (tertiary/aromatic N) is 2. The number of nitriles is 1. The minimum Gasteiger partial charge on any atom is -0.337 e. The van der Waals surface area contributed by atoms with Crippen molar-refractivity contribution in [1.29, 1.82) is 5.26 Å². The van der Waals surface area contributed by atoms with Crippen LogP contribution in [0.25, 0.3) is 0 Å². The summed E-state index contributed by atoms with van der Waals surface area (Å²) >= 11 is 1.88. The number of rotatable bonds is 2. The Morgan fingerprint density at radius 3 is 2.73 bits per heavy atom. The molecule has 1 rings (SSSR count). The molecular weight excluding hydrogens is 208 g/mol. The maximum absolute atomic E-state index is 12.1. The van der Waals surface area contributed by atoms with E-state index in [9.17, 15) is 4.79 Å². The molecule has 0 aromatic rings. The maximum Gasteiger partial charge on any atom is 0.240 e. The highest BCUT2D eigenvalue weighted by Crippen LogP contribution is 2.21. The molecule has 1 aliphatic rings. The molecule has 0 N–H and O–H groups in total. The molecular formula is C11H18N2OS. The zero-order chi connectivity index (χ0) is 11.4. The first-order valence-corrected chi connectivity index (χ1v) is 6.51. The van der Waals surface area contributed by atoms with Crippen LogP contribution in [0.3, 0.4) is 0 Å². The summed E-state index contributed by atoms with van der Waals surface area (Å²) < 4.78 is 0. The Labute approximate surface area is 95.8 Å². The van der Waals surface area contributed by atoms with E-state index in [-0.39, 0.29) is 17.9 Å². The van der Waals surface area contributed by atoms with E-state index in [4.69, 9.17) is 5.26 Å². The second-order valence-electron chi connectivity index (χ2n) is 4.31. The third-order valence-electron chi connectivity index (χ3n) is 2.72. The SMILES string of the molecule is CC(C)C(C#N)C(=O)N1CCSCC1C. The molecule has 1 amide bonds. The van der Waals surface area contributed by atoms with Crippen molar-refractivity contribution >= 4 is 17.7 Å². The van der Waals surface area contributed by atoms with E-state index in [1.54, 1.807) is 0 Å². The van der Waals surface area contributed by atoms with Gasteiger partial charge in [-0.3, -0.25) is 4.79 Å². The predicted molar refractivity (Wildman–Crippen MR) is 62.4 cm³/mol. The summed E-state index contributed by atoms with van der Waals surface area (Å²) in [7, 11) is 0. The van der Waals surface area contributed by atoms with Crippen molar-refractivity contribution in [2.45, 2.75) is 26.8 Å². The number of carbonyl (C=O) groups excluding carboxylic acids is 1. The quantitative estimate of drug-likeness (QED) is 0.720. The van der Waals surface area contributed by atoms with Gasteiger partial charge in [-0.25, -0.2) is 0 Å². The lowest BCUT2D eigenvalue weighted by Gasteiger charge is -2.34. The Hall–Kier alpha value is -0.690. The van der Waals surface area contributed by atoms with Crippen LogP contribution in [0.5, 0.6) is 0 Å². The maximum atomic E-state index is 12.1. The first-order valence-electron chi connectivity index (χ1n) is 5.35. The molecule has 0 spiro atoms. The summed E-state index contributed by atoms with van der Waals surface area (Å²) in [5, 5.41) is 8.98. The van der Waals surface area contributed by atoms with Gasteiger partial charge in [0.1, 0.15) is 5.92 Å². The molecule has 2 unspecified atom stereocenters. The van der Waals surface area contributed by atoms with Crippen molar-refractivity contribution in [3.63, 3.8) is 0 Å². The number of hydrogen-bond acceptors (Lipinski definition) is 3. The smallest absolute Gasteiger partial charge is 0.240 e. The fourth-order valence-corrected chi connectivity index (χ4v) is 2.74. The summed E-state index contributed by atoms with van der Waals surface area (Å²) in [5.41, 5.74) is 0. The van der Waals surface area contributed by atoms with Crippen LogP contribution in [-0.2, 0) is 4.79 Å². The van der Waals surface area contributed by atoms with Crippen LogP contribution in [0.1, 0.15) is 20.8 Å². The molecule has 0 radical (unpaired) electrons. The lowest BCUT2D eigenvalue weighted by Crippen LogP contribution is -2.47. The highest BCUT2D eigenvalue weighted by molar-refractivity contribution is 7.99. The second kappa shape index (κ2) is 5.41. The largest absolute Gasteiger partial charge is 0.337 e. The zero-order valence-electron chi connectivity index (χ0n) is 9.56. The molecule has 1 aliphatic heterocycles. The van der Waals surface area contributed by atoms with Crippen molar-refractivity contribution in [2.24, 2.45) is 11.8 Å². The van der Waals surface area contributed by atoms with Gasteiger partial charge in [-0.05, 0) is 12.8 Å². The van der Waals surface area contributed by atoms with Gasteiger partial charge >= 0.3 is 0 Å². The molecule has 0 aliphatic carbocycles. The Morgan fingerprint density at radius 2 is 2.27 bits per heavy atom. The number of hydrogen-bond donors (Lipinski definition) is 0. The normalized spacial score (nSPS) is 23.7. The van der Waals surface area contributed by atoms with Crippen LogP contribution in [-0.4, -0.2) is 34.9 Å². The van der Waals surface area contributed by atoms with E-state index in [1.807, 2.05) is 30.5 Å². The minimum absolute atomic E-state index is 0.0142. The third-order valence-corrected chi connectivity index (χ3v) is 3.91. The molecule has 4 heteroatoms. The van der Waals surface area contributed by atoms with Gasteiger partial charge in [0.05, 0.1) is 6.07 Å². The van der Waals surface area contributed by atoms with Gasteiger partial charge in [0.25, 0.3) is 0 Å². The average molecular weight is 226 g/mol. The van der Waals surface area contributed by atoms with Crippen LogP contribution in [0.4, 0.5) is 0 Å². The first kappa shape index (κ1) is 12.4. The van der Waals surface area contributed by atoms with Crippen LogP contribution in [0, 0.1) is 23.2 Å². The minimum atomic E-state index is -0.476. The second-order valence-corrected chi connectivity index (χ2v) is 5.46. The molecule has 0 aromatic heterocycles. The van der Waals surface area contributed by atoms with Gasteiger partial charge in [0, 0.05) is 24.1 Å². The Balaban J connectivity index is 2.69. The van der Waals surface area contributed by atoms with E-state index in [0.29, 0.717) is 0 Å². The zero-order valence-corrected chi connectivity index (χ0v) is 10.4. The van der Waals surface area contributed by atoms with E-state index < -0.39 is 5.92 Å². The fraction of sp³-hybridized carbons (Fsp3) is 0.818. The van der Waals surface area contributed by atoms with Crippen molar-refractivity contribution in [3.05, 3.63) is 0 Å². The predicted octanol–water partition coefficient (Wildman–Crippen LogP) is 1.75. The lowest BCUT2D eigenvalue weighted by atomic mass is 9.95. The molecule has 84 valence electrons. The van der Waals surface area contributed by atoms with Crippen molar-refractivity contribution < 1.29 is 4.79 Å². The van der Waals surface area contributed by atoms with E-state index in [1.165, 1.54) is 0 Å². The molecule has 0 saturated carbocycles. The summed E-state index contributed by atoms with van der Waals surface area (Å²) in [6.45, 7) is 6.69. The monoisotopic (exact) mass is 226 g/mol. The highest BCUT2D eigenvalue weighted by Gasteiger charge is 2.31. The summed E-state index contributed by atoms with van der Waals surface area (Å²) in [5.74, 6) is 1.62. The van der Waals surface area contributed by atoms with Crippen molar-refractivity contribution in [3.8, 4) is 6.07 Å². The van der Waals surface area contributed by atoms with Crippen LogP contribution in [0.2, 0.25) is 0 Å². The molecule has 0 bridgehead atoms. The van der Waals surface area contributed by atoms with E-state index >= 15 is 0 Å².